The predicted octanol–water partition coefficient (Wildman–Crippen LogP) is 0.901. The van der Waals surface area contributed by atoms with Crippen LogP contribution in [0.2, 0.25) is 0 Å². The number of aliphatic hydroxyl groups is 1. The minimum absolute atomic E-state index is 0.153. The van der Waals surface area contributed by atoms with Crippen LogP contribution in [-0.4, -0.2) is 30.0 Å². The highest BCUT2D eigenvalue weighted by molar-refractivity contribution is 4.78. The third-order valence-electron chi connectivity index (χ3n) is 1.78. The van der Waals surface area contributed by atoms with Crippen LogP contribution < -0.4 is 5.73 Å². The molecule has 0 radical (unpaired) electrons. The minimum atomic E-state index is -0.820. The fourth-order valence-corrected chi connectivity index (χ4v) is 1.02. The summed E-state index contributed by atoms with van der Waals surface area (Å²) in [5.74, 6) is 0. The van der Waals surface area contributed by atoms with Gasteiger partial charge in [-0.05, 0) is 20.3 Å². The van der Waals surface area contributed by atoms with Crippen molar-refractivity contribution >= 4 is 0 Å². The summed E-state index contributed by atoms with van der Waals surface area (Å²) in [5, 5.41) is 9.82. The molecular weight excluding hydrogens is 154 g/mol. The number of nitrogens with two attached hydrogens (primary N) is 1. The molecule has 0 amide bonds. The standard InChI is InChI=1S/C9H21NO2/c1-4-5-9(11,6-10)7-12-8(2)3/h8,11H,4-7,10H2,1-3H3. The van der Waals surface area contributed by atoms with Crippen molar-refractivity contribution in [3.8, 4) is 0 Å². The SMILES string of the molecule is CCCC(O)(CN)COC(C)C. The van der Waals surface area contributed by atoms with Crippen LogP contribution in [0, 0.1) is 0 Å². The molecule has 0 aliphatic rings. The Balaban J connectivity index is 3.78. The van der Waals surface area contributed by atoms with Crippen molar-refractivity contribution in [3.63, 3.8) is 0 Å². The molecule has 0 aliphatic carbocycles. The van der Waals surface area contributed by atoms with Crippen LogP contribution in [0.1, 0.15) is 33.6 Å². The first-order chi connectivity index (χ1) is 5.54. The maximum Gasteiger partial charge on any atom is 0.100 e. The van der Waals surface area contributed by atoms with Gasteiger partial charge in [0.05, 0.1) is 12.7 Å². The van der Waals surface area contributed by atoms with E-state index in [0.717, 1.165) is 6.42 Å². The van der Waals surface area contributed by atoms with Gasteiger partial charge in [0, 0.05) is 6.54 Å². The summed E-state index contributed by atoms with van der Waals surface area (Å²) in [6.45, 7) is 6.53. The van der Waals surface area contributed by atoms with E-state index in [-0.39, 0.29) is 12.6 Å². The summed E-state index contributed by atoms with van der Waals surface area (Å²) in [6, 6.07) is 0. The highest BCUT2D eigenvalue weighted by Gasteiger charge is 2.24. The smallest absolute Gasteiger partial charge is 0.100 e. The second-order valence-electron chi connectivity index (χ2n) is 3.54. The van der Waals surface area contributed by atoms with Gasteiger partial charge < -0.3 is 15.6 Å². The number of hydrogen-bond donors (Lipinski definition) is 2. The van der Waals surface area contributed by atoms with Crippen LogP contribution in [0.25, 0.3) is 0 Å². The number of hydrogen-bond acceptors (Lipinski definition) is 3. The molecule has 3 heteroatoms. The normalized spacial score (nSPS) is 16.5. The van der Waals surface area contributed by atoms with E-state index in [1.54, 1.807) is 0 Å². The van der Waals surface area contributed by atoms with Crippen molar-refractivity contribution < 1.29 is 9.84 Å². The Morgan fingerprint density at radius 3 is 2.42 bits per heavy atom. The third-order valence-corrected chi connectivity index (χ3v) is 1.78. The highest BCUT2D eigenvalue weighted by atomic mass is 16.5. The molecule has 74 valence electrons. The van der Waals surface area contributed by atoms with Gasteiger partial charge in [-0.1, -0.05) is 13.3 Å². The maximum absolute atomic E-state index is 9.82. The van der Waals surface area contributed by atoms with Gasteiger partial charge in [0.25, 0.3) is 0 Å². The fraction of sp³-hybridized carbons (Fsp3) is 1.00. The van der Waals surface area contributed by atoms with Gasteiger partial charge in [-0.3, -0.25) is 0 Å². The molecule has 3 nitrogen and oxygen atoms in total. The van der Waals surface area contributed by atoms with Crippen molar-refractivity contribution in [2.45, 2.75) is 45.3 Å². The largest absolute Gasteiger partial charge is 0.386 e. The van der Waals surface area contributed by atoms with E-state index in [1.165, 1.54) is 0 Å². The first-order valence-corrected chi connectivity index (χ1v) is 4.58. The first-order valence-electron chi connectivity index (χ1n) is 4.58. The van der Waals surface area contributed by atoms with Crippen molar-refractivity contribution in [1.82, 2.24) is 0 Å². The van der Waals surface area contributed by atoms with E-state index >= 15 is 0 Å². The van der Waals surface area contributed by atoms with E-state index < -0.39 is 5.60 Å². The zero-order valence-electron chi connectivity index (χ0n) is 8.34. The fourth-order valence-electron chi connectivity index (χ4n) is 1.02. The molecule has 0 heterocycles. The van der Waals surface area contributed by atoms with E-state index in [2.05, 4.69) is 0 Å². The second-order valence-corrected chi connectivity index (χ2v) is 3.54. The first kappa shape index (κ1) is 11.9. The Hall–Kier alpha value is -0.120. The minimum Gasteiger partial charge on any atom is -0.386 e. The lowest BCUT2D eigenvalue weighted by atomic mass is 9.99. The van der Waals surface area contributed by atoms with Crippen molar-refractivity contribution in [2.24, 2.45) is 5.73 Å². The van der Waals surface area contributed by atoms with Gasteiger partial charge in [0.2, 0.25) is 0 Å². The molecule has 0 spiro atoms. The zero-order valence-corrected chi connectivity index (χ0v) is 8.34. The molecule has 12 heavy (non-hydrogen) atoms. The summed E-state index contributed by atoms with van der Waals surface area (Å²) in [6.07, 6.45) is 1.78. The van der Waals surface area contributed by atoms with E-state index in [4.69, 9.17) is 10.5 Å². The molecule has 0 fully saturated rings. The predicted molar refractivity (Wildman–Crippen MR) is 50.0 cm³/mol. The van der Waals surface area contributed by atoms with Crippen molar-refractivity contribution in [2.75, 3.05) is 13.2 Å². The molecule has 1 unspecified atom stereocenters. The van der Waals surface area contributed by atoms with Crippen LogP contribution in [0.4, 0.5) is 0 Å². The Morgan fingerprint density at radius 1 is 1.50 bits per heavy atom. The number of rotatable bonds is 6. The van der Waals surface area contributed by atoms with Crippen molar-refractivity contribution in [1.29, 1.82) is 0 Å². The molecule has 1 atom stereocenters. The molecule has 3 N–H and O–H groups in total. The van der Waals surface area contributed by atoms with E-state index in [0.29, 0.717) is 13.0 Å². The summed E-state index contributed by atoms with van der Waals surface area (Å²) < 4.78 is 5.32. The topological polar surface area (TPSA) is 55.5 Å². The lowest BCUT2D eigenvalue weighted by molar-refractivity contribution is -0.0636. The van der Waals surface area contributed by atoms with Gasteiger partial charge in [-0.25, -0.2) is 0 Å². The van der Waals surface area contributed by atoms with E-state index in [9.17, 15) is 5.11 Å². The highest BCUT2D eigenvalue weighted by Crippen LogP contribution is 2.12. The van der Waals surface area contributed by atoms with Gasteiger partial charge >= 0.3 is 0 Å². The number of ether oxygens (including phenoxy) is 1. The maximum atomic E-state index is 9.82. The monoisotopic (exact) mass is 175 g/mol. The Kier molecular flexibility index (Phi) is 5.46. The van der Waals surface area contributed by atoms with Crippen LogP contribution in [-0.2, 0) is 4.74 Å². The van der Waals surface area contributed by atoms with Crippen molar-refractivity contribution in [3.05, 3.63) is 0 Å². The van der Waals surface area contributed by atoms with Gasteiger partial charge in [0.1, 0.15) is 5.60 Å². The third kappa shape index (κ3) is 4.70. The molecule has 0 aliphatic heterocycles. The Morgan fingerprint density at radius 2 is 2.08 bits per heavy atom. The molecule has 0 saturated heterocycles. The van der Waals surface area contributed by atoms with Crippen LogP contribution in [0.15, 0.2) is 0 Å². The summed E-state index contributed by atoms with van der Waals surface area (Å²) in [7, 11) is 0. The lowest BCUT2D eigenvalue weighted by Crippen LogP contribution is -2.42. The van der Waals surface area contributed by atoms with E-state index in [1.807, 2.05) is 20.8 Å². The Labute approximate surface area is 74.9 Å². The molecule has 0 rings (SSSR count). The molecule has 0 bridgehead atoms. The molecule has 0 aromatic rings. The quantitative estimate of drug-likeness (QED) is 0.630. The Bertz CT molecular complexity index is 117. The summed E-state index contributed by atoms with van der Waals surface area (Å²) in [5.41, 5.74) is 4.63. The molecular formula is C9H21NO2. The molecule has 0 aromatic carbocycles. The average molecular weight is 175 g/mol. The van der Waals surface area contributed by atoms with Gasteiger partial charge in [-0.2, -0.15) is 0 Å². The average Bonchev–Trinajstić information content (AvgIpc) is 2.02. The zero-order chi connectivity index (χ0) is 9.61. The van der Waals surface area contributed by atoms with Crippen LogP contribution in [0.5, 0.6) is 0 Å². The van der Waals surface area contributed by atoms with Gasteiger partial charge in [0.15, 0.2) is 0 Å². The molecule has 0 saturated carbocycles. The summed E-state index contributed by atoms with van der Waals surface area (Å²) in [4.78, 5) is 0. The lowest BCUT2D eigenvalue weighted by Gasteiger charge is -2.26. The second kappa shape index (κ2) is 5.51. The van der Waals surface area contributed by atoms with Crippen LogP contribution >= 0.6 is 0 Å². The van der Waals surface area contributed by atoms with Gasteiger partial charge in [-0.15, -0.1) is 0 Å². The van der Waals surface area contributed by atoms with Crippen LogP contribution in [0.3, 0.4) is 0 Å². The summed E-state index contributed by atoms with van der Waals surface area (Å²) >= 11 is 0. The molecule has 0 aromatic heterocycles.